The first-order valence-corrected chi connectivity index (χ1v) is 7.19. The molecule has 0 aromatic heterocycles. The third-order valence-corrected chi connectivity index (χ3v) is 4.29. The quantitative estimate of drug-likeness (QED) is 0.877. The fraction of sp³-hybridized carbons (Fsp3) is 0.500. The Kier molecular flexibility index (Phi) is 4.60. The van der Waals surface area contributed by atoms with Gasteiger partial charge in [-0.1, -0.05) is 31.9 Å². The van der Waals surface area contributed by atoms with Crippen LogP contribution in [0.1, 0.15) is 44.1 Å². The molecule has 0 bridgehead atoms. The zero-order valence-electron chi connectivity index (χ0n) is 12.1. The number of hydrogen-bond donors (Lipinski definition) is 2. The molecule has 0 radical (unpaired) electrons. The van der Waals surface area contributed by atoms with Gasteiger partial charge in [-0.15, -0.1) is 0 Å². The van der Waals surface area contributed by atoms with Gasteiger partial charge in [0.25, 0.3) is 0 Å². The number of carbonyl (C=O) groups excluding carboxylic acids is 1. The van der Waals surface area contributed by atoms with E-state index in [1.807, 2.05) is 6.92 Å². The fourth-order valence-corrected chi connectivity index (χ4v) is 2.83. The van der Waals surface area contributed by atoms with Crippen molar-refractivity contribution in [2.24, 2.45) is 5.41 Å². The largest absolute Gasteiger partial charge is 0.481 e. The van der Waals surface area contributed by atoms with E-state index in [1.165, 1.54) is 24.3 Å². The number of rotatable bonds is 5. The van der Waals surface area contributed by atoms with E-state index in [2.05, 4.69) is 5.32 Å². The maximum absolute atomic E-state index is 12.9. The summed E-state index contributed by atoms with van der Waals surface area (Å²) < 4.78 is 12.9. The van der Waals surface area contributed by atoms with Crippen molar-refractivity contribution in [3.05, 3.63) is 35.6 Å². The van der Waals surface area contributed by atoms with Crippen molar-refractivity contribution in [3.63, 3.8) is 0 Å². The summed E-state index contributed by atoms with van der Waals surface area (Å²) >= 11 is 0. The molecule has 0 saturated heterocycles. The van der Waals surface area contributed by atoms with Crippen LogP contribution in [0.15, 0.2) is 24.3 Å². The fourth-order valence-electron chi connectivity index (χ4n) is 2.83. The van der Waals surface area contributed by atoms with Crippen LogP contribution >= 0.6 is 0 Å². The number of amides is 1. The standard InChI is InChI=1S/C16H20FNO3/c1-16(8-2-3-9-16)15(21)18-10-13(14(19)20)11-4-6-12(17)7-5-11/h4-7,13H,2-3,8-10H2,1H3,(H,18,21)(H,19,20). The summed E-state index contributed by atoms with van der Waals surface area (Å²) in [7, 11) is 0. The minimum Gasteiger partial charge on any atom is -0.481 e. The van der Waals surface area contributed by atoms with Gasteiger partial charge in [0.05, 0.1) is 5.92 Å². The van der Waals surface area contributed by atoms with Crippen molar-refractivity contribution < 1.29 is 19.1 Å². The third kappa shape index (κ3) is 3.60. The number of nitrogens with one attached hydrogen (secondary N) is 1. The molecule has 1 aliphatic carbocycles. The topological polar surface area (TPSA) is 66.4 Å². The second-order valence-electron chi connectivity index (χ2n) is 5.92. The second-order valence-corrected chi connectivity index (χ2v) is 5.92. The lowest BCUT2D eigenvalue weighted by Crippen LogP contribution is -2.40. The van der Waals surface area contributed by atoms with Gasteiger partial charge in [0.2, 0.25) is 5.91 Å². The zero-order chi connectivity index (χ0) is 15.5. The first-order valence-electron chi connectivity index (χ1n) is 7.19. The van der Waals surface area contributed by atoms with Crippen LogP contribution in [0.3, 0.4) is 0 Å². The molecule has 1 aliphatic rings. The third-order valence-electron chi connectivity index (χ3n) is 4.29. The molecular formula is C16H20FNO3. The van der Waals surface area contributed by atoms with Crippen molar-refractivity contribution in [3.8, 4) is 0 Å². The molecule has 1 aromatic rings. The Bertz CT molecular complexity index is 521. The molecule has 0 aliphatic heterocycles. The average Bonchev–Trinajstić information content (AvgIpc) is 2.88. The molecule has 4 nitrogen and oxygen atoms in total. The van der Waals surface area contributed by atoms with Crippen LogP contribution in [0, 0.1) is 11.2 Å². The summed E-state index contributed by atoms with van der Waals surface area (Å²) in [4.78, 5) is 23.6. The molecule has 1 fully saturated rings. The van der Waals surface area contributed by atoms with Gasteiger partial charge in [0, 0.05) is 12.0 Å². The molecule has 2 N–H and O–H groups in total. The van der Waals surface area contributed by atoms with Crippen LogP contribution in [-0.4, -0.2) is 23.5 Å². The summed E-state index contributed by atoms with van der Waals surface area (Å²) in [5.41, 5.74) is 0.104. The minimum absolute atomic E-state index is 0.0232. The first-order chi connectivity index (χ1) is 9.92. The van der Waals surface area contributed by atoms with Gasteiger partial charge >= 0.3 is 5.97 Å². The van der Waals surface area contributed by atoms with Crippen molar-refractivity contribution in [1.29, 1.82) is 0 Å². The van der Waals surface area contributed by atoms with Crippen LogP contribution in [0.2, 0.25) is 0 Å². The summed E-state index contributed by atoms with van der Waals surface area (Å²) in [5, 5.41) is 12.0. The summed E-state index contributed by atoms with van der Waals surface area (Å²) in [6, 6.07) is 5.34. The van der Waals surface area contributed by atoms with E-state index in [0.717, 1.165) is 25.7 Å². The van der Waals surface area contributed by atoms with Crippen LogP contribution in [0.25, 0.3) is 0 Å². The van der Waals surface area contributed by atoms with Crippen molar-refractivity contribution in [2.75, 3.05) is 6.54 Å². The Balaban J connectivity index is 2.02. The zero-order valence-corrected chi connectivity index (χ0v) is 12.1. The summed E-state index contributed by atoms with van der Waals surface area (Å²) in [5.74, 6) is -2.39. The molecule has 1 atom stereocenters. The van der Waals surface area contributed by atoms with Gasteiger partial charge in [-0.3, -0.25) is 9.59 Å². The number of carboxylic acids is 1. The lowest BCUT2D eigenvalue weighted by atomic mass is 9.87. The predicted octanol–water partition coefficient (Wildman–Crippen LogP) is 2.69. The van der Waals surface area contributed by atoms with E-state index in [0.29, 0.717) is 5.56 Å². The van der Waals surface area contributed by atoms with E-state index in [9.17, 15) is 19.1 Å². The monoisotopic (exact) mass is 293 g/mol. The molecule has 1 amide bonds. The van der Waals surface area contributed by atoms with E-state index in [1.54, 1.807) is 0 Å². The SMILES string of the molecule is CC1(C(=O)NCC(C(=O)O)c2ccc(F)cc2)CCCC1. The van der Waals surface area contributed by atoms with E-state index in [4.69, 9.17) is 0 Å². The number of benzene rings is 1. The molecule has 0 spiro atoms. The summed E-state index contributed by atoms with van der Waals surface area (Å²) in [6.45, 7) is 1.94. The predicted molar refractivity (Wildman–Crippen MR) is 76.4 cm³/mol. The number of aliphatic carboxylic acids is 1. The molecule has 0 heterocycles. The number of carbonyl (C=O) groups is 2. The number of hydrogen-bond acceptors (Lipinski definition) is 2. The number of carboxylic acid groups (broad SMARTS) is 1. The highest BCUT2D eigenvalue weighted by molar-refractivity contribution is 5.84. The molecule has 21 heavy (non-hydrogen) atoms. The minimum atomic E-state index is -1.03. The normalized spacial score (nSPS) is 18.2. The van der Waals surface area contributed by atoms with Crippen LogP contribution in [0.4, 0.5) is 4.39 Å². The van der Waals surface area contributed by atoms with Gasteiger partial charge in [-0.05, 0) is 30.5 Å². The maximum Gasteiger partial charge on any atom is 0.312 e. The number of halogens is 1. The van der Waals surface area contributed by atoms with E-state index < -0.39 is 17.7 Å². The molecule has 114 valence electrons. The Morgan fingerprint density at radius 3 is 2.38 bits per heavy atom. The van der Waals surface area contributed by atoms with Gasteiger partial charge in [0.1, 0.15) is 5.82 Å². The highest BCUT2D eigenvalue weighted by Crippen LogP contribution is 2.37. The highest BCUT2D eigenvalue weighted by Gasteiger charge is 2.36. The molecular weight excluding hydrogens is 273 g/mol. The smallest absolute Gasteiger partial charge is 0.312 e. The van der Waals surface area contributed by atoms with Gasteiger partial charge in [-0.2, -0.15) is 0 Å². The molecule has 5 heteroatoms. The van der Waals surface area contributed by atoms with E-state index in [-0.39, 0.29) is 17.9 Å². The second kappa shape index (κ2) is 6.24. The van der Waals surface area contributed by atoms with Crippen molar-refractivity contribution in [2.45, 2.75) is 38.5 Å². The van der Waals surface area contributed by atoms with E-state index >= 15 is 0 Å². The molecule has 1 unspecified atom stereocenters. The highest BCUT2D eigenvalue weighted by atomic mass is 19.1. The van der Waals surface area contributed by atoms with Gasteiger partial charge in [0.15, 0.2) is 0 Å². The summed E-state index contributed by atoms with van der Waals surface area (Å²) in [6.07, 6.45) is 3.74. The average molecular weight is 293 g/mol. The van der Waals surface area contributed by atoms with Crippen molar-refractivity contribution in [1.82, 2.24) is 5.32 Å². The van der Waals surface area contributed by atoms with Gasteiger partial charge < -0.3 is 10.4 Å². The van der Waals surface area contributed by atoms with Gasteiger partial charge in [-0.25, -0.2) is 4.39 Å². The van der Waals surface area contributed by atoms with Crippen LogP contribution < -0.4 is 5.32 Å². The molecule has 2 rings (SSSR count). The Labute approximate surface area is 123 Å². The first kappa shape index (κ1) is 15.5. The molecule has 1 aromatic carbocycles. The maximum atomic E-state index is 12.9. The Morgan fingerprint density at radius 1 is 1.29 bits per heavy atom. The lowest BCUT2D eigenvalue weighted by molar-refractivity contribution is -0.139. The lowest BCUT2D eigenvalue weighted by Gasteiger charge is -2.23. The molecule has 1 saturated carbocycles. The Hall–Kier alpha value is -1.91. The van der Waals surface area contributed by atoms with Crippen LogP contribution in [0.5, 0.6) is 0 Å². The van der Waals surface area contributed by atoms with Crippen LogP contribution in [-0.2, 0) is 9.59 Å². The van der Waals surface area contributed by atoms with Crippen molar-refractivity contribution >= 4 is 11.9 Å². The Morgan fingerprint density at radius 2 is 1.86 bits per heavy atom.